The molecule has 0 radical (unpaired) electrons. The van der Waals surface area contributed by atoms with Gasteiger partial charge in [-0.3, -0.25) is 24.2 Å². The average molecular weight is 795 g/mol. The van der Waals surface area contributed by atoms with Crippen LogP contribution >= 0.6 is 98.2 Å². The number of thiocarbonyl (C=S) groups is 2. The van der Waals surface area contributed by atoms with E-state index in [2.05, 4.69) is 47.5 Å². The minimum absolute atomic E-state index is 0.139. The summed E-state index contributed by atoms with van der Waals surface area (Å²) in [5.41, 5.74) is 0.294. The number of aromatic amines is 1. The number of nitrogens with zero attached hydrogens (tertiary/aromatic N) is 3. The third kappa shape index (κ3) is 14.5. The number of fused-ring (bicyclic) bond motifs is 1. The summed E-state index contributed by atoms with van der Waals surface area (Å²) >= 11 is 10.7. The third-order valence-corrected chi connectivity index (χ3v) is 15.2. The highest BCUT2D eigenvalue weighted by Crippen LogP contribution is 2.37. The molecule has 0 aliphatic carbocycles. The SMILES string of the molecule is CCN(CC)C(=S)SSC(=S)N(CC)CC.CCOc1nc(=O)ss1.O=C1SS(=O)(=O)c2ccccc21.O=c1[nH]c(=O)ss1. The minimum Gasteiger partial charge on any atom is -0.470 e. The summed E-state index contributed by atoms with van der Waals surface area (Å²) in [6.45, 7) is 14.7. The van der Waals surface area contributed by atoms with Gasteiger partial charge in [0.2, 0.25) is 14.0 Å². The van der Waals surface area contributed by atoms with Crippen LogP contribution in [0.3, 0.4) is 0 Å². The Bertz CT molecular complexity index is 1570. The molecule has 0 saturated carbocycles. The van der Waals surface area contributed by atoms with E-state index in [4.69, 9.17) is 29.2 Å². The maximum absolute atomic E-state index is 11.2. The van der Waals surface area contributed by atoms with Gasteiger partial charge in [0.1, 0.15) is 8.64 Å². The lowest BCUT2D eigenvalue weighted by Crippen LogP contribution is -2.28. The van der Waals surface area contributed by atoms with Gasteiger partial charge in [0, 0.05) is 31.7 Å². The van der Waals surface area contributed by atoms with Crippen LogP contribution in [0.1, 0.15) is 45.0 Å². The molecule has 0 unspecified atom stereocenters. The Morgan fingerprint density at radius 2 is 1.34 bits per heavy atom. The van der Waals surface area contributed by atoms with E-state index in [9.17, 15) is 27.6 Å². The predicted octanol–water partition coefficient (Wildman–Crippen LogP) is 5.71. The van der Waals surface area contributed by atoms with Gasteiger partial charge in [-0.1, -0.05) is 36.6 Å². The molecule has 21 heteroatoms. The molecule has 2 aromatic heterocycles. The zero-order valence-corrected chi connectivity index (χ0v) is 32.3. The van der Waals surface area contributed by atoms with Crippen molar-refractivity contribution in [3.05, 3.63) is 58.8 Å². The first-order valence-electron chi connectivity index (χ1n) is 12.6. The molecule has 1 N–H and O–H groups in total. The van der Waals surface area contributed by atoms with Crippen LogP contribution in [0.4, 0.5) is 0 Å². The van der Waals surface area contributed by atoms with E-state index in [1.807, 2.05) is 6.92 Å². The van der Waals surface area contributed by atoms with Gasteiger partial charge in [0.25, 0.3) is 5.19 Å². The molecule has 11 nitrogen and oxygen atoms in total. The number of aromatic nitrogens is 2. The van der Waals surface area contributed by atoms with Gasteiger partial charge in [0.15, 0.2) is 0 Å². The molecular weight excluding hydrogens is 765 g/mol. The number of nitrogens with one attached hydrogen (secondary N) is 1. The van der Waals surface area contributed by atoms with Crippen LogP contribution in [-0.4, -0.2) is 74.7 Å². The fourth-order valence-corrected chi connectivity index (χ4v) is 11.3. The lowest BCUT2D eigenvalue weighted by Gasteiger charge is -2.23. The lowest BCUT2D eigenvalue weighted by molar-refractivity contribution is 0.108. The Balaban J connectivity index is 0.000000305. The summed E-state index contributed by atoms with van der Waals surface area (Å²) in [7, 11) is 4.39. The van der Waals surface area contributed by atoms with Gasteiger partial charge >= 0.3 is 14.6 Å². The van der Waals surface area contributed by atoms with Crippen molar-refractivity contribution in [2.24, 2.45) is 0 Å². The fourth-order valence-electron chi connectivity index (χ4n) is 2.75. The van der Waals surface area contributed by atoms with Gasteiger partial charge in [-0.15, -0.1) is 0 Å². The molecule has 0 bridgehead atoms. The Morgan fingerprint density at radius 1 is 0.841 bits per heavy atom. The van der Waals surface area contributed by atoms with Crippen molar-refractivity contribution in [2.75, 3.05) is 32.8 Å². The van der Waals surface area contributed by atoms with Crippen molar-refractivity contribution in [3.8, 4) is 5.19 Å². The van der Waals surface area contributed by atoms with Crippen LogP contribution in [0, 0.1) is 0 Å². The van der Waals surface area contributed by atoms with E-state index in [0.717, 1.165) is 65.8 Å². The molecule has 0 amide bonds. The standard InChI is InChI=1S/C10H20N2S4.C7H4O3S2.C4H5NO2S2.C2HNO2S2/c1-5-11(6-2)9(13)15-16-10(14)12(7-3)8-4;8-7-5-3-1-2-4-6(5)12(9,10)11-7;1-2-7-4-5-3(6)8-9-4;4-1-3-2(5)7-6-1/h5-8H2,1-4H3;1-4H;2H2,1H3;(H,3,4,5). The summed E-state index contributed by atoms with van der Waals surface area (Å²) in [5.74, 6) is 0. The maximum Gasteiger partial charge on any atom is 0.340 e. The normalized spacial score (nSPS) is 12.2. The van der Waals surface area contributed by atoms with Crippen LogP contribution in [0.5, 0.6) is 5.19 Å². The highest BCUT2D eigenvalue weighted by Gasteiger charge is 2.33. The molecule has 244 valence electrons. The van der Waals surface area contributed by atoms with Crippen LogP contribution in [0.15, 0.2) is 43.5 Å². The number of H-pyrrole nitrogens is 1. The van der Waals surface area contributed by atoms with Gasteiger partial charge in [-0.2, -0.15) is 4.98 Å². The second-order valence-electron chi connectivity index (χ2n) is 7.47. The number of ether oxygens (including phenoxy) is 1. The number of carbonyl (C=O) groups is 1. The summed E-state index contributed by atoms with van der Waals surface area (Å²) < 4.78 is 29.2. The second-order valence-corrected chi connectivity index (χ2v) is 18.7. The zero-order chi connectivity index (χ0) is 33.3. The van der Waals surface area contributed by atoms with E-state index >= 15 is 0 Å². The van der Waals surface area contributed by atoms with E-state index in [-0.39, 0.29) is 24.6 Å². The molecular formula is C23H30N4O7S10. The van der Waals surface area contributed by atoms with E-state index in [1.165, 1.54) is 22.5 Å². The summed E-state index contributed by atoms with van der Waals surface area (Å²) in [4.78, 5) is 51.0. The first-order valence-corrected chi connectivity index (χ1v) is 22.7. The molecule has 3 aromatic rings. The first-order chi connectivity index (χ1) is 20.8. The van der Waals surface area contributed by atoms with E-state index in [0.29, 0.717) is 28.2 Å². The Morgan fingerprint density at radius 3 is 1.70 bits per heavy atom. The van der Waals surface area contributed by atoms with Crippen molar-refractivity contribution < 1.29 is 17.9 Å². The molecule has 0 saturated heterocycles. The van der Waals surface area contributed by atoms with Gasteiger partial charge in [0.05, 0.1) is 22.3 Å². The Hall–Kier alpha value is -1.17. The average Bonchev–Trinajstić information content (AvgIpc) is 3.66. The molecule has 0 atom stereocenters. The van der Waals surface area contributed by atoms with Crippen molar-refractivity contribution >= 4 is 121 Å². The smallest absolute Gasteiger partial charge is 0.340 e. The number of benzene rings is 1. The molecule has 3 heterocycles. The maximum atomic E-state index is 11.2. The number of hydrogen-bond donors (Lipinski definition) is 1. The van der Waals surface area contributed by atoms with Crippen molar-refractivity contribution in [1.82, 2.24) is 19.8 Å². The van der Waals surface area contributed by atoms with Gasteiger partial charge in [-0.05, 0) is 110 Å². The van der Waals surface area contributed by atoms with Crippen molar-refractivity contribution in [2.45, 2.75) is 39.5 Å². The largest absolute Gasteiger partial charge is 0.470 e. The fraction of sp³-hybridized carbons (Fsp3) is 0.435. The van der Waals surface area contributed by atoms with Crippen LogP contribution < -0.4 is 19.4 Å². The highest BCUT2D eigenvalue weighted by atomic mass is 33.1. The summed E-state index contributed by atoms with van der Waals surface area (Å²) in [6, 6.07) is 6.23. The predicted molar refractivity (Wildman–Crippen MR) is 198 cm³/mol. The molecule has 1 aliphatic rings. The zero-order valence-electron chi connectivity index (χ0n) is 24.1. The number of hydrogen-bond acceptors (Lipinski definition) is 17. The van der Waals surface area contributed by atoms with E-state index in [1.54, 1.807) is 33.7 Å². The molecule has 1 aliphatic heterocycles. The van der Waals surface area contributed by atoms with Crippen molar-refractivity contribution in [3.63, 3.8) is 0 Å². The molecule has 0 fully saturated rings. The number of carbonyl (C=O) groups excluding carboxylic acids is 1. The Labute approximate surface area is 292 Å². The van der Waals surface area contributed by atoms with Crippen LogP contribution in [0.25, 0.3) is 0 Å². The van der Waals surface area contributed by atoms with E-state index < -0.39 is 8.87 Å². The summed E-state index contributed by atoms with van der Waals surface area (Å²) in [5, 5.41) is 0.0955. The van der Waals surface area contributed by atoms with Crippen LogP contribution in [-0.2, 0) is 8.87 Å². The van der Waals surface area contributed by atoms with Crippen LogP contribution in [0.2, 0.25) is 0 Å². The monoisotopic (exact) mass is 794 g/mol. The highest BCUT2D eigenvalue weighted by molar-refractivity contribution is 8.89. The molecule has 44 heavy (non-hydrogen) atoms. The quantitative estimate of drug-likeness (QED) is 0.240. The number of rotatable bonds is 6. The third-order valence-electron chi connectivity index (χ3n) is 4.82. The van der Waals surface area contributed by atoms with Gasteiger partial charge in [-0.25, -0.2) is 8.42 Å². The lowest BCUT2D eigenvalue weighted by atomic mass is 10.2. The topological polar surface area (TPSA) is 147 Å². The Kier molecular flexibility index (Phi) is 20.0. The van der Waals surface area contributed by atoms with Gasteiger partial charge < -0.3 is 14.5 Å². The summed E-state index contributed by atoms with van der Waals surface area (Å²) in [6.07, 6.45) is 0. The van der Waals surface area contributed by atoms with Crippen molar-refractivity contribution in [1.29, 1.82) is 0 Å². The second kappa shape index (κ2) is 21.6. The molecule has 0 spiro atoms. The first kappa shape index (κ1) is 40.9. The molecule has 1 aromatic carbocycles. The molecule has 4 rings (SSSR count). The minimum atomic E-state index is -3.39.